The summed E-state index contributed by atoms with van der Waals surface area (Å²) in [5.74, 6) is 16.9. The summed E-state index contributed by atoms with van der Waals surface area (Å²) in [6.07, 6.45) is 0. The Morgan fingerprint density at radius 3 is 0.603 bits per heavy atom. The third-order valence-electron chi connectivity index (χ3n) is 12.2. The lowest BCUT2D eigenvalue weighted by molar-refractivity contribution is 1.30. The van der Waals surface area contributed by atoms with Gasteiger partial charge in [0.1, 0.15) is 0 Å². The van der Waals surface area contributed by atoms with Crippen LogP contribution in [0, 0.1) is 35.5 Å². The zero-order valence-electron chi connectivity index (χ0n) is 31.5. The van der Waals surface area contributed by atoms with Crippen molar-refractivity contribution in [3.05, 3.63) is 262 Å². The number of allylic oxidation sites excluding steroid dienone is 2. The van der Waals surface area contributed by atoms with E-state index in [0.29, 0.717) is 0 Å². The largest absolute Gasteiger partial charge is 0.0734 e. The summed E-state index contributed by atoms with van der Waals surface area (Å²) in [5, 5.41) is 0. The maximum absolute atomic E-state index is 3.77. The van der Waals surface area contributed by atoms with Gasteiger partial charge in [-0.1, -0.05) is 206 Å². The van der Waals surface area contributed by atoms with Crippen molar-refractivity contribution in [3.8, 4) is 68.2 Å². The zero-order valence-corrected chi connectivity index (χ0v) is 31.5. The van der Waals surface area contributed by atoms with Crippen LogP contribution < -0.4 is 0 Å². The molecule has 12 rings (SSSR count). The Kier molecular flexibility index (Phi) is 7.28. The molecular weight excluding hydrogens is 697 g/mol. The van der Waals surface area contributed by atoms with Crippen LogP contribution in [0.15, 0.2) is 205 Å². The molecule has 0 atom stereocenters. The van der Waals surface area contributed by atoms with Gasteiger partial charge in [0.15, 0.2) is 0 Å². The van der Waals surface area contributed by atoms with Gasteiger partial charge in [0, 0.05) is 22.3 Å². The second kappa shape index (κ2) is 13.0. The van der Waals surface area contributed by atoms with Crippen LogP contribution in [-0.4, -0.2) is 0 Å². The molecule has 0 fully saturated rings. The first-order chi connectivity index (χ1) is 28.8. The fraction of sp³-hybridized carbons (Fsp3) is 0. The van der Waals surface area contributed by atoms with Gasteiger partial charge in [0.2, 0.25) is 0 Å². The van der Waals surface area contributed by atoms with E-state index in [1.807, 2.05) is 0 Å². The minimum atomic E-state index is 0.999. The van der Waals surface area contributed by atoms with Crippen LogP contribution in [0.25, 0.3) is 55.7 Å². The zero-order chi connectivity index (χ0) is 38.2. The molecule has 0 spiro atoms. The number of benzene rings is 8. The fourth-order valence-electron chi connectivity index (χ4n) is 9.83. The second-order valence-corrected chi connectivity index (χ2v) is 15.1. The molecule has 0 heterocycles. The predicted molar refractivity (Wildman–Crippen MR) is 238 cm³/mol. The number of fused-ring (bicyclic) bond motifs is 12. The lowest BCUT2D eigenvalue weighted by atomic mass is 9.83. The molecule has 0 N–H and O–H groups in total. The molecule has 0 heteroatoms. The van der Waals surface area contributed by atoms with Crippen molar-refractivity contribution in [2.24, 2.45) is 0 Å². The Bertz CT molecular complexity index is 2840. The summed E-state index contributed by atoms with van der Waals surface area (Å²) in [6.45, 7) is 0. The highest BCUT2D eigenvalue weighted by molar-refractivity contribution is 6.08. The van der Waals surface area contributed by atoms with Crippen molar-refractivity contribution < 1.29 is 0 Å². The summed E-state index contributed by atoms with van der Waals surface area (Å²) in [5.41, 5.74) is 23.8. The van der Waals surface area contributed by atoms with E-state index in [2.05, 4.69) is 218 Å². The van der Waals surface area contributed by atoms with Crippen molar-refractivity contribution in [1.82, 2.24) is 0 Å². The molecule has 0 aromatic heterocycles. The molecule has 264 valence electrons. The van der Waals surface area contributed by atoms with Gasteiger partial charge in [-0.15, -0.1) is 0 Å². The van der Waals surface area contributed by atoms with Crippen molar-refractivity contribution in [1.29, 1.82) is 0 Å². The predicted octanol–water partition coefficient (Wildman–Crippen LogP) is 13.3. The summed E-state index contributed by atoms with van der Waals surface area (Å²) in [6, 6.07) is 70.0. The van der Waals surface area contributed by atoms with E-state index in [1.165, 1.54) is 89.0 Å². The summed E-state index contributed by atoms with van der Waals surface area (Å²) < 4.78 is 0. The number of hydrogen-bond acceptors (Lipinski definition) is 0. The first kappa shape index (κ1) is 32.6. The topological polar surface area (TPSA) is 0 Å². The molecule has 8 aromatic rings. The third kappa shape index (κ3) is 4.73. The average Bonchev–Trinajstić information content (AvgIpc) is 4.01. The first-order valence-corrected chi connectivity index (χ1v) is 19.9. The van der Waals surface area contributed by atoms with Gasteiger partial charge in [-0.05, 0) is 101 Å². The van der Waals surface area contributed by atoms with E-state index in [-0.39, 0.29) is 0 Å². The Morgan fingerprint density at radius 1 is 0.207 bits per heavy atom. The fourth-order valence-corrected chi connectivity index (χ4v) is 9.83. The molecule has 0 amide bonds. The second-order valence-electron chi connectivity index (χ2n) is 15.1. The monoisotopic (exact) mass is 728 g/mol. The van der Waals surface area contributed by atoms with Gasteiger partial charge in [-0.25, -0.2) is 0 Å². The van der Waals surface area contributed by atoms with Crippen LogP contribution in [0.4, 0.5) is 0 Å². The van der Waals surface area contributed by atoms with Crippen molar-refractivity contribution in [2.45, 2.75) is 0 Å². The molecule has 0 bridgehead atoms. The van der Waals surface area contributed by atoms with Crippen LogP contribution in [-0.2, 0) is 0 Å². The van der Waals surface area contributed by atoms with Gasteiger partial charge >= 0.3 is 0 Å². The van der Waals surface area contributed by atoms with Crippen LogP contribution in [0.1, 0.15) is 44.5 Å². The lowest BCUT2D eigenvalue weighted by Crippen LogP contribution is -2.05. The van der Waals surface area contributed by atoms with Gasteiger partial charge in [-0.3, -0.25) is 0 Å². The first-order valence-electron chi connectivity index (χ1n) is 19.9. The molecular formula is C58H32. The van der Waals surface area contributed by atoms with E-state index in [1.54, 1.807) is 0 Å². The van der Waals surface area contributed by atoms with Gasteiger partial charge in [0.25, 0.3) is 0 Å². The van der Waals surface area contributed by atoms with Crippen molar-refractivity contribution in [3.63, 3.8) is 0 Å². The summed E-state index contributed by atoms with van der Waals surface area (Å²) in [7, 11) is 0. The highest BCUT2D eigenvalue weighted by atomic mass is 14.4. The number of hydrogen-bond donors (Lipinski definition) is 0. The normalized spacial score (nSPS) is 13.4. The van der Waals surface area contributed by atoms with Gasteiger partial charge in [-0.2, -0.15) is 0 Å². The van der Waals surface area contributed by atoms with Crippen LogP contribution in [0.3, 0.4) is 0 Å². The average molecular weight is 729 g/mol. The standard InChI is InChI=1S/C58H32/c1-9-27-45-37(19-1)38-20-2-10-28-46(38)55(45)53(56-47-29-11-3-21-39(47)40-22-4-12-30-48(40)56)35-17-18-36-54(57-49-31-13-5-23-41(49)42-24-6-14-32-50(42)57)58-51-33-15-7-25-43(51)44-26-8-16-34-52(44)58/h1-16,19-34H. The molecule has 0 nitrogen and oxygen atoms in total. The smallest absolute Gasteiger partial charge is 0.0619 e. The number of rotatable bonds is 2. The quantitative estimate of drug-likeness (QED) is 0.156. The molecule has 0 saturated carbocycles. The van der Waals surface area contributed by atoms with Gasteiger partial charge < -0.3 is 0 Å². The van der Waals surface area contributed by atoms with E-state index in [4.69, 9.17) is 0 Å². The summed E-state index contributed by atoms with van der Waals surface area (Å²) >= 11 is 0. The van der Waals surface area contributed by atoms with Crippen LogP contribution in [0.5, 0.6) is 0 Å². The van der Waals surface area contributed by atoms with E-state index < -0.39 is 0 Å². The Balaban J connectivity index is 1.13. The minimum Gasteiger partial charge on any atom is -0.0619 e. The van der Waals surface area contributed by atoms with Crippen molar-refractivity contribution >= 4 is 11.1 Å². The van der Waals surface area contributed by atoms with Gasteiger partial charge in [0.05, 0.1) is 11.8 Å². The highest BCUT2D eigenvalue weighted by Gasteiger charge is 2.37. The molecule has 2 radical (unpaired) electrons. The molecule has 8 aromatic carbocycles. The minimum absolute atomic E-state index is 0.999. The molecule has 0 unspecified atom stereocenters. The SMILES string of the molecule is C(C#CC([C]1c2ccccc2-c2ccccc21)=C1c2ccccc2-c2ccccc21)#CC([C]1c2ccccc2-c2ccccc21)=C1c2ccccc2-c2ccccc21. The maximum Gasteiger partial charge on any atom is 0.0734 e. The van der Waals surface area contributed by atoms with E-state index >= 15 is 0 Å². The Labute approximate surface area is 339 Å². The van der Waals surface area contributed by atoms with E-state index in [9.17, 15) is 0 Å². The Hall–Kier alpha value is -7.64. The van der Waals surface area contributed by atoms with Crippen LogP contribution in [0.2, 0.25) is 0 Å². The highest BCUT2D eigenvalue weighted by Crippen LogP contribution is 2.55. The van der Waals surface area contributed by atoms with E-state index in [0.717, 1.165) is 34.1 Å². The third-order valence-corrected chi connectivity index (χ3v) is 12.2. The molecule has 58 heavy (non-hydrogen) atoms. The molecule has 4 aliphatic carbocycles. The summed E-state index contributed by atoms with van der Waals surface area (Å²) in [4.78, 5) is 0. The molecule has 0 aliphatic heterocycles. The maximum atomic E-state index is 3.77. The molecule has 0 saturated heterocycles. The van der Waals surface area contributed by atoms with Crippen molar-refractivity contribution in [2.75, 3.05) is 0 Å². The van der Waals surface area contributed by atoms with Crippen LogP contribution >= 0.6 is 0 Å². The lowest BCUT2D eigenvalue weighted by Gasteiger charge is -2.17. The molecule has 4 aliphatic rings. The Morgan fingerprint density at radius 2 is 0.379 bits per heavy atom.